The average molecular weight is 1550 g/mol. The maximum Gasteiger partial charge on any atom is 3.00 e. The van der Waals surface area contributed by atoms with Crippen LogP contribution in [0.1, 0.15) is 89.7 Å². The predicted molar refractivity (Wildman–Crippen MR) is 442 cm³/mol. The van der Waals surface area contributed by atoms with Crippen LogP contribution in [-0.4, -0.2) is 0 Å². The molecule has 0 fully saturated rings. The van der Waals surface area contributed by atoms with Gasteiger partial charge in [0.25, 0.3) is 0 Å². The second kappa shape index (κ2) is 33.8. The second-order valence-electron chi connectivity index (χ2n) is 27.3. The van der Waals surface area contributed by atoms with Crippen LogP contribution in [0.5, 0.6) is 0 Å². The summed E-state index contributed by atoms with van der Waals surface area (Å²) in [5.41, 5.74) is 21.5. The molecule has 0 N–H and O–H groups in total. The second-order valence-corrected chi connectivity index (χ2v) is 36.5. The molecule has 9 heteroatoms. The summed E-state index contributed by atoms with van der Waals surface area (Å²) < 4.78 is 25.2. The summed E-state index contributed by atoms with van der Waals surface area (Å²) in [6.45, 7) is 17.5. The molecule has 2 aliphatic carbocycles. The Morgan fingerprint density at radius 2 is 0.495 bits per heavy atom. The zero-order chi connectivity index (χ0) is 72.0. The van der Waals surface area contributed by atoms with Crippen molar-refractivity contribution in [2.75, 3.05) is 0 Å². The van der Waals surface area contributed by atoms with E-state index >= 15 is 0 Å². The Bertz CT molecular complexity index is 4840. The Hall–Kier alpha value is -8.67. The van der Waals surface area contributed by atoms with Crippen molar-refractivity contribution in [3.05, 3.63) is 417 Å². The topological polar surface area (TPSA) is 69.2 Å². The minimum absolute atomic E-state index is 0. The zero-order valence-corrected chi connectivity index (χ0v) is 66.2. The Balaban J connectivity index is 0.000000176. The third kappa shape index (κ3) is 16.6. The van der Waals surface area contributed by atoms with E-state index in [0.717, 1.165) is 0 Å². The minimum atomic E-state index is -2.85. The molecule has 2 unspecified atom stereocenters. The van der Waals surface area contributed by atoms with Crippen LogP contribution in [0, 0.1) is 77.5 Å². The molecule has 0 saturated heterocycles. The fraction of sp³-hybridized carbons (Fsp3) is 0.104. The molecular formula is C96H82ClO3P4Rh. The van der Waals surface area contributed by atoms with E-state index in [2.05, 4.69) is 395 Å². The first kappa shape index (κ1) is 74.6. The van der Waals surface area contributed by atoms with E-state index in [9.17, 15) is 0 Å². The molecule has 0 aliphatic heterocycles. The maximum absolute atomic E-state index is 8.41. The van der Waals surface area contributed by atoms with Gasteiger partial charge in [0.1, 0.15) is 0 Å². The number of benzene rings is 14. The third-order valence-corrected chi connectivity index (χ3v) is 30.0. The Kier molecular flexibility index (Phi) is 24.0. The van der Waals surface area contributed by atoms with Crippen molar-refractivity contribution in [3.8, 4) is 0 Å². The minimum Gasteiger partial charge on any atom is -0.357 e. The molecule has 105 heavy (non-hydrogen) atoms. The number of hydrogen-bond acceptors (Lipinski definition) is 3. The molecule has 16 rings (SSSR count). The van der Waals surface area contributed by atoms with E-state index in [4.69, 9.17) is 14.0 Å². The van der Waals surface area contributed by atoms with Crippen molar-refractivity contribution in [1.82, 2.24) is 0 Å². The smallest absolute Gasteiger partial charge is 0.357 e. The largest absolute Gasteiger partial charge is 3.00 e. The zero-order valence-electron chi connectivity index (χ0n) is 60.2. The van der Waals surface area contributed by atoms with Crippen LogP contribution in [0.15, 0.2) is 328 Å². The number of aryl methyl sites for hydroxylation is 8. The van der Waals surface area contributed by atoms with E-state index in [-0.39, 0.29) is 31.3 Å². The van der Waals surface area contributed by atoms with Gasteiger partial charge in [-0.2, -0.15) is 11.3 Å². The Labute approximate surface area is 641 Å². The summed E-state index contributed by atoms with van der Waals surface area (Å²) in [6, 6.07) is 120. The quantitative estimate of drug-likeness (QED) is 0.0619. The van der Waals surface area contributed by atoms with E-state index in [0.29, 0.717) is 0 Å². The van der Waals surface area contributed by atoms with E-state index < -0.39 is 42.5 Å². The van der Waals surface area contributed by atoms with Crippen LogP contribution in [0.4, 0.5) is 0 Å². The van der Waals surface area contributed by atoms with Gasteiger partial charge in [0.2, 0.25) is 0 Å². The molecule has 2 aliphatic rings. The van der Waals surface area contributed by atoms with E-state index in [1.54, 1.807) is 0 Å². The third-order valence-electron chi connectivity index (χ3n) is 19.9. The van der Waals surface area contributed by atoms with Crippen molar-refractivity contribution in [3.63, 3.8) is 0 Å². The fourth-order valence-electron chi connectivity index (χ4n) is 14.6. The molecule has 0 amide bonds. The van der Waals surface area contributed by atoms with Crippen molar-refractivity contribution < 1.29 is 44.2 Å². The molecule has 0 radical (unpaired) electrons. The van der Waals surface area contributed by atoms with Crippen LogP contribution < -0.4 is 67.0 Å². The van der Waals surface area contributed by atoms with E-state index in [1.165, 1.54) is 164 Å². The normalized spacial score (nSPS) is 13.7. The van der Waals surface area contributed by atoms with Crippen molar-refractivity contribution in [2.45, 2.75) is 67.2 Å². The first-order valence-electron chi connectivity index (χ1n) is 35.4. The molecule has 0 saturated carbocycles. The molecule has 3 nitrogen and oxygen atoms in total. The molecule has 0 heterocycles. The van der Waals surface area contributed by atoms with Crippen LogP contribution in [0.3, 0.4) is 0 Å². The summed E-state index contributed by atoms with van der Waals surface area (Å²) in [7, 11) is -6.28. The molecule has 14 aromatic rings. The predicted octanol–water partition coefficient (Wildman–Crippen LogP) is 17.7. The van der Waals surface area contributed by atoms with Gasteiger partial charge in [-0.1, -0.05) is 371 Å². The number of halogens is 1. The van der Waals surface area contributed by atoms with E-state index in [1.807, 2.05) is 0 Å². The maximum atomic E-state index is 8.41. The van der Waals surface area contributed by atoms with Gasteiger partial charge in [0, 0.05) is 0 Å². The fourth-order valence-corrected chi connectivity index (χ4v) is 24.6. The van der Waals surface area contributed by atoms with Gasteiger partial charge in [-0.3, -0.25) is 0 Å². The van der Waals surface area contributed by atoms with Crippen molar-refractivity contribution in [2.24, 2.45) is 0 Å². The Morgan fingerprint density at radius 3 is 0.762 bits per heavy atom. The number of hydrogen-bond donors (Lipinski definition) is 0. The molecule has 520 valence electrons. The monoisotopic (exact) mass is 1540 g/mol. The molecule has 0 bridgehead atoms. The number of allylic oxidation sites excluding steroid dienone is 2. The van der Waals surface area contributed by atoms with Gasteiger partial charge in [-0.05, 0) is 169 Å². The summed E-state index contributed by atoms with van der Waals surface area (Å²) in [5.74, 6) is 0.152. The molecular weight excluding hydrogens is 1460 g/mol. The number of fused-ring (bicyclic) bond motifs is 4. The molecule has 0 spiro atoms. The van der Waals surface area contributed by atoms with Gasteiger partial charge < -0.3 is 14.0 Å². The first-order valence-corrected chi connectivity index (χ1v) is 41.7. The Morgan fingerprint density at radius 1 is 0.267 bits per heavy atom. The van der Waals surface area contributed by atoms with Crippen LogP contribution in [0.2, 0.25) is 0 Å². The summed E-state index contributed by atoms with van der Waals surface area (Å²) in [6.07, 6.45) is 9.69. The van der Waals surface area contributed by atoms with Gasteiger partial charge in [0.05, 0.1) is 10.8 Å². The SMILES string of the molecule is Cc1ccc(P(c2ccc(C)cc2)c2ccc3ccccc3c2C2c3ccccc3C=C[C-]2P(c2ccc(C)cc2)c2ccc(C)cc2)cc1.Cc1ccc(P(c2ccc(C)cc2)c2ccc3ccccc3c2C2c3ccccc3C=C[C-]2P(c2ccc(C)cc2)c2ccc(C)cc2)cc1.[O-][Cl+2]([O-])[O-].[Rh+3]. The summed E-state index contributed by atoms with van der Waals surface area (Å²) >= 11 is 0. The molecule has 0 aromatic heterocycles. The summed E-state index contributed by atoms with van der Waals surface area (Å²) in [4.78, 5) is 0. The van der Waals surface area contributed by atoms with Crippen LogP contribution in [0.25, 0.3) is 33.7 Å². The first-order chi connectivity index (χ1) is 50.6. The van der Waals surface area contributed by atoms with Gasteiger partial charge in [0.15, 0.2) is 0 Å². The van der Waals surface area contributed by atoms with Crippen LogP contribution >= 0.6 is 31.7 Å². The van der Waals surface area contributed by atoms with Crippen molar-refractivity contribution >= 4 is 118 Å². The summed E-state index contributed by atoms with van der Waals surface area (Å²) in [5, 5.41) is 19.2. The van der Waals surface area contributed by atoms with Gasteiger partial charge in [-0.25, -0.2) is 24.3 Å². The average Bonchev–Trinajstić information content (AvgIpc) is 0.739. The standard InChI is InChI=1S/2C48H41P2.ClO3.Rh/c2*1-33-13-23-39(24-14-33)49(40-25-15-34(2)16-26-40)45-31-21-37-9-5-7-11-43(37)47(45)48-44-12-8-6-10-38(44)22-32-46(48)50(41-27-17-35(3)18-28-41)42-29-19-36(4)20-30-42;2-1(3)4;/h2*5-32,47H,1-4H3;;/q3*-1;+3. The van der Waals surface area contributed by atoms with Gasteiger partial charge in [-0.15, -0.1) is 27.0 Å². The van der Waals surface area contributed by atoms with Crippen LogP contribution in [-0.2, 0) is 19.5 Å². The van der Waals surface area contributed by atoms with Crippen molar-refractivity contribution in [1.29, 1.82) is 0 Å². The molecule has 2 atom stereocenters. The number of rotatable bonds is 14. The molecule has 14 aromatic carbocycles. The van der Waals surface area contributed by atoms with Gasteiger partial charge >= 0.3 is 19.5 Å².